The first kappa shape index (κ1) is 24.1. The molecule has 2 atom stereocenters. The maximum absolute atomic E-state index is 13.7. The van der Waals surface area contributed by atoms with Crippen LogP contribution in [0.15, 0.2) is 18.2 Å². The maximum atomic E-state index is 13.7. The van der Waals surface area contributed by atoms with Gasteiger partial charge in [0.1, 0.15) is 11.6 Å². The summed E-state index contributed by atoms with van der Waals surface area (Å²) in [5, 5.41) is 3.00. The number of piperidine rings is 1. The van der Waals surface area contributed by atoms with Crippen LogP contribution in [-0.4, -0.2) is 36.0 Å². The SMILES string of the molecule is CC(N)CCC(=O)NC1CCCN(Cc2c(F)cccc2F)C1.Cl.Cl. The van der Waals surface area contributed by atoms with E-state index in [2.05, 4.69) is 5.32 Å². The summed E-state index contributed by atoms with van der Waals surface area (Å²) in [7, 11) is 0. The van der Waals surface area contributed by atoms with Crippen LogP contribution in [0.5, 0.6) is 0 Å². The second-order valence-electron chi connectivity index (χ2n) is 6.36. The molecule has 25 heavy (non-hydrogen) atoms. The molecule has 4 nitrogen and oxygen atoms in total. The summed E-state index contributed by atoms with van der Waals surface area (Å²) >= 11 is 0. The molecule has 1 aromatic rings. The highest BCUT2D eigenvalue weighted by molar-refractivity contribution is 5.85. The zero-order valence-corrected chi connectivity index (χ0v) is 16.0. The Hall–Kier alpha value is -0.950. The molecule has 1 fully saturated rings. The van der Waals surface area contributed by atoms with Gasteiger partial charge in [-0.25, -0.2) is 8.78 Å². The van der Waals surface area contributed by atoms with E-state index >= 15 is 0 Å². The Morgan fingerprint density at radius 1 is 1.36 bits per heavy atom. The lowest BCUT2D eigenvalue weighted by atomic mass is 10.0. The van der Waals surface area contributed by atoms with E-state index in [1.165, 1.54) is 18.2 Å². The molecule has 0 aliphatic carbocycles. The molecule has 0 radical (unpaired) electrons. The van der Waals surface area contributed by atoms with Crippen molar-refractivity contribution in [2.45, 2.75) is 51.2 Å². The van der Waals surface area contributed by atoms with Crippen LogP contribution >= 0.6 is 24.8 Å². The molecule has 1 aromatic carbocycles. The van der Waals surface area contributed by atoms with Gasteiger partial charge in [-0.05, 0) is 44.9 Å². The van der Waals surface area contributed by atoms with Crippen molar-refractivity contribution in [3.63, 3.8) is 0 Å². The van der Waals surface area contributed by atoms with Gasteiger partial charge in [-0.2, -0.15) is 0 Å². The van der Waals surface area contributed by atoms with E-state index in [9.17, 15) is 13.6 Å². The Morgan fingerprint density at radius 2 is 2.00 bits per heavy atom. The molecule has 0 aromatic heterocycles. The van der Waals surface area contributed by atoms with Gasteiger partial charge in [-0.15, -0.1) is 24.8 Å². The number of rotatable bonds is 6. The first-order chi connectivity index (χ1) is 11.0. The van der Waals surface area contributed by atoms with Crippen molar-refractivity contribution in [1.29, 1.82) is 0 Å². The number of carbonyl (C=O) groups excluding carboxylic acids is 1. The predicted octanol–water partition coefficient (Wildman–Crippen LogP) is 3.02. The predicted molar refractivity (Wildman–Crippen MR) is 100 cm³/mol. The lowest BCUT2D eigenvalue weighted by Crippen LogP contribution is -2.47. The first-order valence-electron chi connectivity index (χ1n) is 8.16. The van der Waals surface area contributed by atoms with E-state index < -0.39 is 11.6 Å². The molecule has 1 aliphatic heterocycles. The summed E-state index contributed by atoms with van der Waals surface area (Å²) in [5.74, 6) is -1.05. The highest BCUT2D eigenvalue weighted by atomic mass is 35.5. The zero-order chi connectivity index (χ0) is 16.8. The smallest absolute Gasteiger partial charge is 0.220 e. The number of benzene rings is 1. The topological polar surface area (TPSA) is 58.4 Å². The minimum atomic E-state index is -0.520. The minimum Gasteiger partial charge on any atom is -0.352 e. The summed E-state index contributed by atoms with van der Waals surface area (Å²) in [6, 6.07) is 3.95. The zero-order valence-electron chi connectivity index (χ0n) is 14.3. The van der Waals surface area contributed by atoms with Crippen LogP contribution in [0.2, 0.25) is 0 Å². The summed E-state index contributed by atoms with van der Waals surface area (Å²) in [5.41, 5.74) is 5.74. The molecular formula is C17H27Cl2F2N3O. The summed E-state index contributed by atoms with van der Waals surface area (Å²) in [6.07, 6.45) is 2.85. The number of likely N-dealkylation sites (tertiary alicyclic amines) is 1. The molecular weight excluding hydrogens is 371 g/mol. The Labute approximate surface area is 160 Å². The number of nitrogens with one attached hydrogen (secondary N) is 1. The van der Waals surface area contributed by atoms with E-state index in [-0.39, 0.29) is 54.9 Å². The van der Waals surface area contributed by atoms with Gasteiger partial charge in [0.2, 0.25) is 5.91 Å². The van der Waals surface area contributed by atoms with Gasteiger partial charge in [0, 0.05) is 37.2 Å². The highest BCUT2D eigenvalue weighted by Gasteiger charge is 2.23. The second kappa shape index (κ2) is 11.6. The van der Waals surface area contributed by atoms with E-state index in [1.807, 2.05) is 11.8 Å². The number of carbonyl (C=O) groups is 1. The van der Waals surface area contributed by atoms with Crippen LogP contribution in [0.3, 0.4) is 0 Å². The lowest BCUT2D eigenvalue weighted by molar-refractivity contribution is -0.122. The molecule has 2 unspecified atom stereocenters. The van der Waals surface area contributed by atoms with Crippen molar-refractivity contribution in [3.8, 4) is 0 Å². The van der Waals surface area contributed by atoms with Crippen molar-refractivity contribution >= 4 is 30.7 Å². The van der Waals surface area contributed by atoms with Crippen molar-refractivity contribution < 1.29 is 13.6 Å². The normalized spacial score (nSPS) is 18.6. The largest absolute Gasteiger partial charge is 0.352 e. The molecule has 8 heteroatoms. The van der Waals surface area contributed by atoms with Crippen LogP contribution in [0.1, 0.15) is 38.2 Å². The standard InChI is InChI=1S/C17H25F2N3O.2ClH/c1-12(20)7-8-17(23)21-13-4-3-9-22(10-13)11-14-15(18)5-2-6-16(14)19;;/h2,5-6,12-13H,3-4,7-11,20H2,1H3,(H,21,23);2*1H. The fourth-order valence-electron chi connectivity index (χ4n) is 2.88. The number of nitrogens with zero attached hydrogens (tertiary/aromatic N) is 1. The third-order valence-corrected chi connectivity index (χ3v) is 4.14. The first-order valence-corrected chi connectivity index (χ1v) is 8.16. The monoisotopic (exact) mass is 397 g/mol. The van der Waals surface area contributed by atoms with Crippen molar-refractivity contribution in [2.75, 3.05) is 13.1 Å². The van der Waals surface area contributed by atoms with Crippen LogP contribution < -0.4 is 11.1 Å². The number of hydrogen-bond acceptors (Lipinski definition) is 3. The molecule has 1 heterocycles. The van der Waals surface area contributed by atoms with Crippen molar-refractivity contribution in [2.24, 2.45) is 5.73 Å². The van der Waals surface area contributed by atoms with Gasteiger partial charge in [0.15, 0.2) is 0 Å². The third kappa shape index (κ3) is 7.86. The van der Waals surface area contributed by atoms with Crippen LogP contribution in [0.4, 0.5) is 8.78 Å². The van der Waals surface area contributed by atoms with E-state index in [1.54, 1.807) is 0 Å². The Bertz CT molecular complexity index is 526. The third-order valence-electron chi connectivity index (χ3n) is 4.14. The van der Waals surface area contributed by atoms with E-state index in [0.717, 1.165) is 19.4 Å². The van der Waals surface area contributed by atoms with E-state index in [0.29, 0.717) is 19.4 Å². The maximum Gasteiger partial charge on any atom is 0.220 e. The second-order valence-corrected chi connectivity index (χ2v) is 6.36. The van der Waals surface area contributed by atoms with Crippen molar-refractivity contribution in [3.05, 3.63) is 35.4 Å². The quantitative estimate of drug-likeness (QED) is 0.775. The van der Waals surface area contributed by atoms with Gasteiger partial charge in [-0.3, -0.25) is 9.69 Å². The van der Waals surface area contributed by atoms with Gasteiger partial charge in [0.25, 0.3) is 0 Å². The molecule has 1 aliphatic rings. The molecule has 0 bridgehead atoms. The van der Waals surface area contributed by atoms with Gasteiger partial charge in [0.05, 0.1) is 0 Å². The molecule has 1 saturated heterocycles. The molecule has 3 N–H and O–H groups in total. The number of nitrogens with two attached hydrogens (primary N) is 1. The van der Waals surface area contributed by atoms with E-state index in [4.69, 9.17) is 5.73 Å². The van der Waals surface area contributed by atoms with Gasteiger partial charge < -0.3 is 11.1 Å². The van der Waals surface area contributed by atoms with Crippen LogP contribution in [0, 0.1) is 11.6 Å². The van der Waals surface area contributed by atoms with Crippen LogP contribution in [0.25, 0.3) is 0 Å². The minimum absolute atomic E-state index is 0. The lowest BCUT2D eigenvalue weighted by Gasteiger charge is -2.33. The van der Waals surface area contributed by atoms with Gasteiger partial charge >= 0.3 is 0 Å². The van der Waals surface area contributed by atoms with Crippen LogP contribution in [-0.2, 0) is 11.3 Å². The average molecular weight is 398 g/mol. The Kier molecular flexibility index (Phi) is 11.2. The molecule has 0 spiro atoms. The average Bonchev–Trinajstić information content (AvgIpc) is 2.49. The van der Waals surface area contributed by atoms with Gasteiger partial charge in [-0.1, -0.05) is 6.07 Å². The summed E-state index contributed by atoms with van der Waals surface area (Å²) < 4.78 is 27.5. The fraction of sp³-hybridized carbons (Fsp3) is 0.588. The number of halogens is 4. The Balaban J connectivity index is 0.00000288. The van der Waals surface area contributed by atoms with Crippen molar-refractivity contribution in [1.82, 2.24) is 10.2 Å². The molecule has 1 amide bonds. The molecule has 0 saturated carbocycles. The Morgan fingerprint density at radius 3 is 2.60 bits per heavy atom. The number of hydrogen-bond donors (Lipinski definition) is 2. The number of amides is 1. The summed E-state index contributed by atoms with van der Waals surface area (Å²) in [6.45, 7) is 3.49. The summed E-state index contributed by atoms with van der Waals surface area (Å²) in [4.78, 5) is 13.9. The fourth-order valence-corrected chi connectivity index (χ4v) is 2.88. The molecule has 2 rings (SSSR count). The highest BCUT2D eigenvalue weighted by Crippen LogP contribution is 2.18. The molecule has 144 valence electrons.